The number of hydrogen-bond donors (Lipinski definition) is 2. The molecule has 3 rings (SSSR count). The topological polar surface area (TPSA) is 35.5 Å². The molecule has 19 heavy (non-hydrogen) atoms. The molecule has 2 aliphatic rings. The Morgan fingerprint density at radius 2 is 1.95 bits per heavy atom. The Balaban J connectivity index is 1.48. The number of rotatable bonds is 4. The fourth-order valence-electron chi connectivity index (χ4n) is 2.87. The van der Waals surface area contributed by atoms with E-state index in [0.717, 1.165) is 32.0 Å². The van der Waals surface area contributed by atoms with Gasteiger partial charge in [0.05, 0.1) is 0 Å². The molecule has 1 aromatic rings. The van der Waals surface area contributed by atoms with Crippen LogP contribution in [0.1, 0.15) is 31.2 Å². The third-order valence-corrected chi connectivity index (χ3v) is 4.24. The maximum absolute atomic E-state index is 13.2. The summed E-state index contributed by atoms with van der Waals surface area (Å²) in [6.45, 7) is 2.87. The minimum atomic E-state index is -0.539. The summed E-state index contributed by atoms with van der Waals surface area (Å²) in [6, 6.07) is 6.03. The van der Waals surface area contributed by atoms with Crippen LogP contribution in [0.25, 0.3) is 0 Å². The van der Waals surface area contributed by atoms with Gasteiger partial charge in [-0.1, -0.05) is 12.1 Å². The zero-order chi connectivity index (χ0) is 13.2. The van der Waals surface area contributed by atoms with Crippen LogP contribution in [0.3, 0.4) is 0 Å². The van der Waals surface area contributed by atoms with Gasteiger partial charge >= 0.3 is 0 Å². The summed E-state index contributed by atoms with van der Waals surface area (Å²) < 4.78 is 13.2. The molecule has 0 spiro atoms. The number of phenolic OH excluding ortho intramolecular Hbond substituents is 1. The molecule has 1 saturated carbocycles. The highest BCUT2D eigenvalue weighted by molar-refractivity contribution is 5.33. The Morgan fingerprint density at radius 1 is 1.21 bits per heavy atom. The normalized spacial score (nSPS) is 21.7. The molecule has 3 nitrogen and oxygen atoms in total. The van der Waals surface area contributed by atoms with Gasteiger partial charge in [-0.3, -0.25) is 0 Å². The number of likely N-dealkylation sites (tertiary alicyclic amines) is 1. The average molecular weight is 264 g/mol. The summed E-state index contributed by atoms with van der Waals surface area (Å²) in [5.41, 5.74) is 0.643. The highest BCUT2D eigenvalue weighted by Gasteiger charge is 2.31. The summed E-state index contributed by atoms with van der Waals surface area (Å²) in [5.74, 6) is -0.756. The zero-order valence-corrected chi connectivity index (χ0v) is 11.1. The number of hydrogen-bond acceptors (Lipinski definition) is 3. The summed E-state index contributed by atoms with van der Waals surface area (Å²) in [7, 11) is 0. The number of nitrogens with one attached hydrogen (secondary N) is 1. The van der Waals surface area contributed by atoms with Gasteiger partial charge in [-0.25, -0.2) is 4.39 Å². The van der Waals surface area contributed by atoms with Crippen molar-refractivity contribution in [1.82, 2.24) is 10.2 Å². The van der Waals surface area contributed by atoms with E-state index in [1.165, 1.54) is 18.9 Å². The molecule has 0 aromatic heterocycles. The van der Waals surface area contributed by atoms with Gasteiger partial charge in [0, 0.05) is 24.2 Å². The van der Waals surface area contributed by atoms with Gasteiger partial charge in [0.2, 0.25) is 0 Å². The first-order valence-corrected chi connectivity index (χ1v) is 7.18. The number of benzene rings is 1. The summed E-state index contributed by atoms with van der Waals surface area (Å²) >= 11 is 0. The molecule has 0 atom stereocenters. The van der Waals surface area contributed by atoms with Crippen molar-refractivity contribution in [2.45, 2.75) is 44.3 Å². The first-order valence-electron chi connectivity index (χ1n) is 7.18. The van der Waals surface area contributed by atoms with Crippen molar-refractivity contribution in [2.75, 3.05) is 13.1 Å². The first kappa shape index (κ1) is 12.9. The predicted octanol–water partition coefficient (Wildman–Crippen LogP) is 2.25. The number of nitrogens with zero attached hydrogens (tertiary/aromatic N) is 1. The summed E-state index contributed by atoms with van der Waals surface area (Å²) in [6.07, 6.45) is 5.03. The van der Waals surface area contributed by atoms with Crippen LogP contribution >= 0.6 is 0 Å². The lowest BCUT2D eigenvalue weighted by Crippen LogP contribution is -2.43. The molecule has 4 heteroatoms. The summed E-state index contributed by atoms with van der Waals surface area (Å²) in [5, 5.41) is 13.1. The molecular weight excluding hydrogens is 243 g/mol. The first-order chi connectivity index (χ1) is 9.24. The number of piperidine rings is 1. The molecule has 2 fully saturated rings. The fourth-order valence-corrected chi connectivity index (χ4v) is 2.87. The van der Waals surface area contributed by atoms with Crippen LogP contribution in [0.4, 0.5) is 4.39 Å². The van der Waals surface area contributed by atoms with E-state index in [4.69, 9.17) is 0 Å². The standard InChI is InChI=1S/C15H21FN2O/c16-14-3-1-2-11(15(14)19)10-17-12-6-8-18(9-7-12)13-4-5-13/h1-3,12-13,17,19H,4-10H2. The van der Waals surface area contributed by atoms with E-state index in [2.05, 4.69) is 10.2 Å². The van der Waals surface area contributed by atoms with Crippen LogP contribution < -0.4 is 5.32 Å². The monoisotopic (exact) mass is 264 g/mol. The van der Waals surface area contributed by atoms with Gasteiger partial charge in [0.1, 0.15) is 0 Å². The van der Waals surface area contributed by atoms with Crippen molar-refractivity contribution in [3.63, 3.8) is 0 Å². The molecule has 0 radical (unpaired) electrons. The predicted molar refractivity (Wildman–Crippen MR) is 72.5 cm³/mol. The van der Waals surface area contributed by atoms with Crippen molar-refractivity contribution in [3.05, 3.63) is 29.6 Å². The highest BCUT2D eigenvalue weighted by atomic mass is 19.1. The molecule has 1 aliphatic carbocycles. The third-order valence-electron chi connectivity index (χ3n) is 4.24. The van der Waals surface area contributed by atoms with E-state index < -0.39 is 5.82 Å². The Kier molecular flexibility index (Phi) is 3.71. The van der Waals surface area contributed by atoms with Crippen molar-refractivity contribution < 1.29 is 9.50 Å². The minimum absolute atomic E-state index is 0.217. The Hall–Kier alpha value is -1.13. The van der Waals surface area contributed by atoms with Crippen molar-refractivity contribution in [3.8, 4) is 5.75 Å². The number of halogens is 1. The van der Waals surface area contributed by atoms with Crippen LogP contribution in [0.15, 0.2) is 18.2 Å². The van der Waals surface area contributed by atoms with Gasteiger partial charge in [0.15, 0.2) is 11.6 Å². The molecule has 1 heterocycles. The lowest BCUT2D eigenvalue weighted by atomic mass is 10.0. The van der Waals surface area contributed by atoms with E-state index >= 15 is 0 Å². The Labute approximate surface area is 113 Å². The van der Waals surface area contributed by atoms with Gasteiger partial charge in [-0.15, -0.1) is 0 Å². The SMILES string of the molecule is Oc1c(F)cccc1CNC1CCN(C2CC2)CC1. The van der Waals surface area contributed by atoms with Crippen molar-refractivity contribution in [1.29, 1.82) is 0 Å². The van der Waals surface area contributed by atoms with Gasteiger partial charge in [-0.2, -0.15) is 0 Å². The molecule has 2 N–H and O–H groups in total. The fraction of sp³-hybridized carbons (Fsp3) is 0.600. The smallest absolute Gasteiger partial charge is 0.165 e. The van der Waals surface area contributed by atoms with Crippen LogP contribution in [0.2, 0.25) is 0 Å². The van der Waals surface area contributed by atoms with E-state index in [1.54, 1.807) is 12.1 Å². The second-order valence-corrected chi connectivity index (χ2v) is 5.67. The number of phenols is 1. The molecule has 0 bridgehead atoms. The molecule has 0 unspecified atom stereocenters. The number of aromatic hydroxyl groups is 1. The Bertz CT molecular complexity index is 440. The zero-order valence-electron chi connectivity index (χ0n) is 11.1. The maximum Gasteiger partial charge on any atom is 0.165 e. The quantitative estimate of drug-likeness (QED) is 0.875. The van der Waals surface area contributed by atoms with Crippen molar-refractivity contribution >= 4 is 0 Å². The van der Waals surface area contributed by atoms with Crippen LogP contribution in [-0.4, -0.2) is 35.2 Å². The van der Waals surface area contributed by atoms with Crippen LogP contribution in [0, 0.1) is 5.82 Å². The lowest BCUT2D eigenvalue weighted by Gasteiger charge is -2.32. The van der Waals surface area contributed by atoms with E-state index in [-0.39, 0.29) is 5.75 Å². The molecule has 1 aromatic carbocycles. The Morgan fingerprint density at radius 3 is 2.63 bits per heavy atom. The van der Waals surface area contributed by atoms with Gasteiger partial charge in [-0.05, 0) is 44.8 Å². The van der Waals surface area contributed by atoms with Gasteiger partial charge < -0.3 is 15.3 Å². The molecular formula is C15H21FN2O. The largest absolute Gasteiger partial charge is 0.505 e. The molecule has 1 saturated heterocycles. The molecule has 0 amide bonds. The highest BCUT2D eigenvalue weighted by Crippen LogP contribution is 2.29. The molecule has 104 valence electrons. The van der Waals surface area contributed by atoms with Crippen LogP contribution in [-0.2, 0) is 6.54 Å². The third kappa shape index (κ3) is 3.07. The second kappa shape index (κ2) is 5.47. The van der Waals surface area contributed by atoms with E-state index in [0.29, 0.717) is 18.2 Å². The maximum atomic E-state index is 13.2. The van der Waals surface area contributed by atoms with E-state index in [1.807, 2.05) is 0 Å². The lowest BCUT2D eigenvalue weighted by molar-refractivity contribution is 0.189. The minimum Gasteiger partial charge on any atom is -0.505 e. The van der Waals surface area contributed by atoms with E-state index in [9.17, 15) is 9.50 Å². The van der Waals surface area contributed by atoms with Crippen molar-refractivity contribution in [2.24, 2.45) is 0 Å². The van der Waals surface area contributed by atoms with Gasteiger partial charge in [0.25, 0.3) is 0 Å². The summed E-state index contributed by atoms with van der Waals surface area (Å²) in [4.78, 5) is 2.58. The van der Waals surface area contributed by atoms with Crippen LogP contribution in [0.5, 0.6) is 5.75 Å². The molecule has 1 aliphatic heterocycles. The number of para-hydroxylation sites is 1. The second-order valence-electron chi connectivity index (χ2n) is 5.67. The average Bonchev–Trinajstić information content (AvgIpc) is 3.26.